The van der Waals surface area contributed by atoms with Crippen LogP contribution in [0.3, 0.4) is 0 Å². The van der Waals surface area contributed by atoms with Crippen LogP contribution in [-0.4, -0.2) is 12.3 Å². The molecule has 0 aliphatic rings. The van der Waals surface area contributed by atoms with Gasteiger partial charge in [-0.2, -0.15) is 0 Å². The Labute approximate surface area is 81.4 Å². The first kappa shape index (κ1) is 22.6. The van der Waals surface area contributed by atoms with Gasteiger partial charge in [-0.1, -0.05) is 0 Å². The Morgan fingerprint density at radius 1 is 0.700 bits per heavy atom. The van der Waals surface area contributed by atoms with Crippen LogP contribution < -0.4 is 20.4 Å². The maximum Gasteiger partial charge on any atom is 2.00 e. The predicted octanol–water partition coefficient (Wildman–Crippen LogP) is -4.90. The van der Waals surface area contributed by atoms with Crippen molar-refractivity contribution in [2.24, 2.45) is 0 Å². The van der Waals surface area contributed by atoms with Gasteiger partial charge in [0.25, 0.3) is 0 Å². The third kappa shape index (κ3) is 7890. The Morgan fingerprint density at radius 2 is 0.700 bits per heavy atom. The van der Waals surface area contributed by atoms with Crippen molar-refractivity contribution in [1.82, 2.24) is 0 Å². The molecule has 0 aromatic rings. The Bertz CT molecular complexity index is 71.7. The maximum absolute atomic E-state index is 8.33. The minimum atomic E-state index is -2.33. The van der Waals surface area contributed by atoms with Gasteiger partial charge in [-0.25, -0.2) is 0 Å². The van der Waals surface area contributed by atoms with Gasteiger partial charge in [0.1, 0.15) is 0 Å². The van der Waals surface area contributed by atoms with Crippen molar-refractivity contribution in [3.63, 3.8) is 0 Å². The third-order valence-corrected chi connectivity index (χ3v) is 0. The van der Waals surface area contributed by atoms with Gasteiger partial charge in [-0.15, -0.1) is 0 Å². The number of hydrogen-bond donors (Lipinski definition) is 0. The monoisotopic (exact) mass is 248 g/mol. The zero-order valence-electron chi connectivity index (χ0n) is 4.86. The maximum atomic E-state index is 8.33. The molecular formula is C2O6Zn2. The first-order valence-electron chi connectivity index (χ1n) is 1.22. The van der Waals surface area contributed by atoms with E-state index in [1.54, 1.807) is 0 Å². The summed E-state index contributed by atoms with van der Waals surface area (Å²) in [6.45, 7) is 0. The van der Waals surface area contributed by atoms with Crippen molar-refractivity contribution >= 4 is 12.3 Å². The van der Waals surface area contributed by atoms with Gasteiger partial charge >= 0.3 is 39.0 Å². The molecule has 0 aromatic carbocycles. The molecule has 0 rings (SSSR count). The molecule has 0 unspecified atom stereocenters. The fraction of sp³-hybridized carbons (Fsp3) is 0. The largest absolute Gasteiger partial charge is 2.00 e. The van der Waals surface area contributed by atoms with Crippen molar-refractivity contribution < 1.29 is 69.0 Å². The van der Waals surface area contributed by atoms with Crippen LogP contribution >= 0.6 is 0 Å². The van der Waals surface area contributed by atoms with Crippen molar-refractivity contribution in [2.45, 2.75) is 0 Å². The summed E-state index contributed by atoms with van der Waals surface area (Å²) in [5, 5.41) is 33.3. The summed E-state index contributed by atoms with van der Waals surface area (Å²) in [6, 6.07) is 0. The van der Waals surface area contributed by atoms with Crippen LogP contribution in [0.15, 0.2) is 0 Å². The third-order valence-electron chi connectivity index (χ3n) is 0. The molecule has 0 saturated carbocycles. The van der Waals surface area contributed by atoms with E-state index >= 15 is 0 Å². The van der Waals surface area contributed by atoms with Crippen LogP contribution in [0, 0.1) is 0 Å². The van der Waals surface area contributed by atoms with E-state index in [1.165, 1.54) is 0 Å². The molecule has 0 spiro atoms. The molecule has 0 atom stereocenters. The minimum absolute atomic E-state index is 0. The molecule has 48 valence electrons. The van der Waals surface area contributed by atoms with Gasteiger partial charge in [-0.3, -0.25) is 0 Å². The van der Waals surface area contributed by atoms with Gasteiger partial charge in [0, 0.05) is 0 Å². The summed E-state index contributed by atoms with van der Waals surface area (Å²) >= 11 is 0. The van der Waals surface area contributed by atoms with E-state index in [1.807, 2.05) is 0 Å². The SMILES string of the molecule is O=C([O-])[O-].O=C([O-])[O-].[Zn+2].[Zn+2]. The smallest absolute Gasteiger partial charge is 0.652 e. The summed E-state index contributed by atoms with van der Waals surface area (Å²) < 4.78 is 0. The van der Waals surface area contributed by atoms with E-state index in [0.29, 0.717) is 0 Å². The van der Waals surface area contributed by atoms with Crippen LogP contribution in [0.2, 0.25) is 0 Å². The fourth-order valence-corrected chi connectivity index (χ4v) is 0. The Morgan fingerprint density at radius 3 is 0.700 bits per heavy atom. The van der Waals surface area contributed by atoms with Gasteiger partial charge in [0.05, 0.1) is 0 Å². The summed E-state index contributed by atoms with van der Waals surface area (Å²) in [5.41, 5.74) is 0. The second kappa shape index (κ2) is 15.9. The van der Waals surface area contributed by atoms with Crippen molar-refractivity contribution in [2.75, 3.05) is 0 Å². The fourth-order valence-electron chi connectivity index (χ4n) is 0. The number of carbonyl (C=O) groups is 2. The molecule has 0 aromatic heterocycles. The van der Waals surface area contributed by atoms with Crippen LogP contribution in [0.25, 0.3) is 0 Å². The van der Waals surface area contributed by atoms with E-state index in [2.05, 4.69) is 0 Å². The standard InChI is InChI=1S/2CH2O3.2Zn/c2*2-1(3)4;;/h2*(H2,2,3,4);;/q;;2*+2/p-4. The number of carboxylic acid groups (broad SMARTS) is 4. The van der Waals surface area contributed by atoms with E-state index in [9.17, 15) is 0 Å². The van der Waals surface area contributed by atoms with Gasteiger partial charge < -0.3 is 30.0 Å². The summed E-state index contributed by atoms with van der Waals surface area (Å²) in [7, 11) is 0. The van der Waals surface area contributed by atoms with Crippen LogP contribution in [0.4, 0.5) is 9.59 Å². The van der Waals surface area contributed by atoms with E-state index < -0.39 is 12.3 Å². The Balaban J connectivity index is -0.0000000300. The molecule has 0 radical (unpaired) electrons. The molecule has 0 fully saturated rings. The first-order valence-corrected chi connectivity index (χ1v) is 1.22. The molecule has 6 nitrogen and oxygen atoms in total. The molecule has 0 aliphatic carbocycles. The van der Waals surface area contributed by atoms with E-state index in [-0.39, 0.29) is 39.0 Å². The first-order chi connectivity index (χ1) is 3.46. The van der Waals surface area contributed by atoms with Crippen molar-refractivity contribution in [1.29, 1.82) is 0 Å². The molecule has 8 heteroatoms. The average molecular weight is 251 g/mol. The van der Waals surface area contributed by atoms with E-state index in [0.717, 1.165) is 0 Å². The van der Waals surface area contributed by atoms with Gasteiger partial charge in [0.2, 0.25) is 0 Å². The Kier molecular flexibility index (Phi) is 35.9. The van der Waals surface area contributed by atoms with Crippen LogP contribution in [0.5, 0.6) is 0 Å². The zero-order valence-corrected chi connectivity index (χ0v) is 10.8. The molecule has 10 heavy (non-hydrogen) atoms. The molecule has 0 saturated heterocycles. The summed E-state index contributed by atoms with van der Waals surface area (Å²) in [6.07, 6.45) is -4.67. The molecule has 0 N–H and O–H groups in total. The summed E-state index contributed by atoms with van der Waals surface area (Å²) in [4.78, 5) is 16.7. The second-order valence-electron chi connectivity index (χ2n) is 0.500. The van der Waals surface area contributed by atoms with Crippen molar-refractivity contribution in [3.05, 3.63) is 0 Å². The average Bonchev–Trinajstić information content (AvgIpc) is 1.25. The summed E-state index contributed by atoms with van der Waals surface area (Å²) in [5.74, 6) is 0. The predicted molar refractivity (Wildman–Crippen MR) is 10.8 cm³/mol. The molecule has 0 aliphatic heterocycles. The normalized spacial score (nSPS) is 4.80. The van der Waals surface area contributed by atoms with Crippen LogP contribution in [-0.2, 0) is 39.0 Å². The second-order valence-corrected chi connectivity index (χ2v) is 0.500. The van der Waals surface area contributed by atoms with Crippen LogP contribution in [0.1, 0.15) is 0 Å². The quantitative estimate of drug-likeness (QED) is 0.397. The minimum Gasteiger partial charge on any atom is -0.652 e. The van der Waals surface area contributed by atoms with Crippen molar-refractivity contribution in [3.8, 4) is 0 Å². The molecule has 0 bridgehead atoms. The molecule has 0 heterocycles. The molecular weight excluding hydrogens is 251 g/mol. The Hall–Kier alpha value is -0.213. The number of carbonyl (C=O) groups excluding carboxylic acids is 2. The van der Waals surface area contributed by atoms with Gasteiger partial charge in [0.15, 0.2) is 0 Å². The van der Waals surface area contributed by atoms with Gasteiger partial charge in [-0.05, 0) is 12.3 Å². The van der Waals surface area contributed by atoms with E-state index in [4.69, 9.17) is 30.0 Å². The zero-order chi connectivity index (χ0) is 7.15. The topological polar surface area (TPSA) is 126 Å². The molecule has 0 amide bonds. The number of hydrogen-bond acceptors (Lipinski definition) is 6. The number of rotatable bonds is 0.